The Morgan fingerprint density at radius 1 is 0.846 bits per heavy atom. The van der Waals surface area contributed by atoms with Crippen LogP contribution in [0.25, 0.3) is 0 Å². The number of rotatable bonds is 3. The van der Waals surface area contributed by atoms with Gasteiger partial charge >= 0.3 is 5.97 Å². The lowest BCUT2D eigenvalue weighted by Crippen LogP contribution is -2.47. The monoisotopic (exact) mass is 352 g/mol. The van der Waals surface area contributed by atoms with E-state index in [1.165, 1.54) is 31.1 Å². The van der Waals surface area contributed by atoms with Crippen LogP contribution in [0.5, 0.6) is 0 Å². The topological polar surface area (TPSA) is 43.4 Å². The normalized spacial score (nSPS) is 31.0. The van der Waals surface area contributed by atoms with Crippen LogP contribution in [-0.2, 0) is 9.53 Å². The summed E-state index contributed by atoms with van der Waals surface area (Å²) < 4.78 is 5.22. The van der Waals surface area contributed by atoms with Gasteiger partial charge in [-0.15, -0.1) is 0 Å². The highest BCUT2D eigenvalue weighted by molar-refractivity contribution is 6.00. The van der Waals surface area contributed by atoms with Crippen LogP contribution in [0.4, 0.5) is 0 Å². The molecule has 0 unspecified atom stereocenters. The fourth-order valence-electron chi connectivity index (χ4n) is 5.76. The van der Waals surface area contributed by atoms with E-state index in [4.69, 9.17) is 4.74 Å². The largest absolute Gasteiger partial charge is 0.469 e. The van der Waals surface area contributed by atoms with Crippen molar-refractivity contribution in [1.82, 2.24) is 0 Å². The molecule has 0 saturated heterocycles. The Kier molecular flexibility index (Phi) is 4.97. The van der Waals surface area contributed by atoms with Gasteiger partial charge in [0.05, 0.1) is 13.0 Å². The minimum Gasteiger partial charge on any atom is -0.469 e. The van der Waals surface area contributed by atoms with Crippen molar-refractivity contribution in [2.75, 3.05) is 7.11 Å². The van der Waals surface area contributed by atoms with Gasteiger partial charge in [0.25, 0.3) is 0 Å². The van der Waals surface area contributed by atoms with Crippen LogP contribution in [0.1, 0.15) is 61.7 Å². The summed E-state index contributed by atoms with van der Waals surface area (Å²) in [5.74, 6) is -0.187. The molecule has 0 aromatic heterocycles. The number of ether oxygens (including phenoxy) is 1. The number of fused-ring (bicyclic) bond motifs is 2. The minimum atomic E-state index is -0.310. The minimum absolute atomic E-state index is 0.134. The Morgan fingerprint density at radius 2 is 1.42 bits per heavy atom. The van der Waals surface area contributed by atoms with Crippen LogP contribution in [-0.4, -0.2) is 18.9 Å². The molecule has 4 atom stereocenters. The van der Waals surface area contributed by atoms with Gasteiger partial charge in [-0.3, -0.25) is 9.59 Å². The second-order valence-electron chi connectivity index (χ2n) is 8.06. The third-order valence-corrected chi connectivity index (χ3v) is 6.82. The first kappa shape index (κ1) is 17.5. The Balaban J connectivity index is 1.82. The molecule has 138 valence electrons. The van der Waals surface area contributed by atoms with Crippen molar-refractivity contribution in [2.24, 2.45) is 23.7 Å². The SMILES string of the molecule is COC(=O)[C@H]1[C@H](C(=O)c2ccccc2)[C@@H]2CCCCC2=C2CCCC[C@@H]21. The van der Waals surface area contributed by atoms with Crippen LogP contribution in [0.2, 0.25) is 0 Å². The van der Waals surface area contributed by atoms with Crippen molar-refractivity contribution < 1.29 is 14.3 Å². The van der Waals surface area contributed by atoms with Crippen molar-refractivity contribution in [3.05, 3.63) is 47.0 Å². The standard InChI is InChI=1S/C23H28O3/c1-26-23(25)21-19-14-8-6-12-17(19)16-11-5-7-13-18(16)20(21)22(24)15-9-3-2-4-10-15/h2-4,9-10,18-21H,5-8,11-14H2,1H3/t18-,19+,20-,21-/m1/s1. The summed E-state index contributed by atoms with van der Waals surface area (Å²) >= 11 is 0. The lowest BCUT2D eigenvalue weighted by atomic mass is 9.56. The number of carbonyl (C=O) groups is 2. The Hall–Kier alpha value is -1.90. The van der Waals surface area contributed by atoms with Crippen LogP contribution >= 0.6 is 0 Å². The van der Waals surface area contributed by atoms with E-state index >= 15 is 0 Å². The predicted molar refractivity (Wildman–Crippen MR) is 101 cm³/mol. The second kappa shape index (κ2) is 7.38. The van der Waals surface area contributed by atoms with Crippen molar-refractivity contribution in [3.8, 4) is 0 Å². The van der Waals surface area contributed by atoms with Crippen LogP contribution < -0.4 is 0 Å². The maximum atomic E-state index is 13.5. The van der Waals surface area contributed by atoms with Crippen molar-refractivity contribution in [2.45, 2.75) is 51.4 Å². The summed E-state index contributed by atoms with van der Waals surface area (Å²) in [6.07, 6.45) is 9.00. The van der Waals surface area contributed by atoms with E-state index in [9.17, 15) is 9.59 Å². The first-order valence-electron chi connectivity index (χ1n) is 10.1. The van der Waals surface area contributed by atoms with E-state index in [1.807, 2.05) is 30.3 Å². The molecule has 1 aromatic carbocycles. The van der Waals surface area contributed by atoms with Gasteiger partial charge in [0.1, 0.15) is 0 Å². The van der Waals surface area contributed by atoms with Gasteiger partial charge in [-0.05, 0) is 50.4 Å². The second-order valence-corrected chi connectivity index (χ2v) is 8.06. The number of benzene rings is 1. The van der Waals surface area contributed by atoms with Gasteiger partial charge in [-0.2, -0.15) is 0 Å². The summed E-state index contributed by atoms with van der Waals surface area (Å²) in [5.41, 5.74) is 3.76. The first-order valence-corrected chi connectivity index (χ1v) is 10.1. The Bertz CT molecular complexity index is 718. The third-order valence-electron chi connectivity index (χ3n) is 6.82. The summed E-state index contributed by atoms with van der Waals surface area (Å²) in [5, 5.41) is 0. The molecular formula is C23H28O3. The van der Waals surface area contributed by atoms with Crippen molar-refractivity contribution in [3.63, 3.8) is 0 Å². The average molecular weight is 352 g/mol. The number of esters is 1. The Morgan fingerprint density at radius 3 is 2.00 bits per heavy atom. The van der Waals surface area contributed by atoms with Crippen LogP contribution in [0.15, 0.2) is 41.5 Å². The average Bonchev–Trinajstić information content (AvgIpc) is 2.72. The predicted octanol–water partition coefficient (Wildman–Crippen LogP) is 4.97. The summed E-state index contributed by atoms with van der Waals surface area (Å²) in [4.78, 5) is 26.4. The highest BCUT2D eigenvalue weighted by atomic mass is 16.5. The van der Waals surface area contributed by atoms with E-state index in [-0.39, 0.29) is 35.4 Å². The number of allylic oxidation sites excluding steroid dienone is 2. The van der Waals surface area contributed by atoms with Gasteiger partial charge in [0, 0.05) is 11.5 Å². The summed E-state index contributed by atoms with van der Waals surface area (Å²) in [7, 11) is 1.47. The molecule has 4 rings (SSSR count). The molecule has 3 heteroatoms. The fourth-order valence-corrected chi connectivity index (χ4v) is 5.76. The van der Waals surface area contributed by atoms with E-state index in [0.29, 0.717) is 0 Å². The fraction of sp³-hybridized carbons (Fsp3) is 0.565. The highest BCUT2D eigenvalue weighted by Crippen LogP contribution is 2.53. The molecule has 3 aliphatic rings. The zero-order valence-corrected chi connectivity index (χ0v) is 15.6. The van der Waals surface area contributed by atoms with Crippen molar-refractivity contribution >= 4 is 11.8 Å². The van der Waals surface area contributed by atoms with E-state index < -0.39 is 0 Å². The van der Waals surface area contributed by atoms with E-state index in [2.05, 4.69) is 0 Å². The maximum absolute atomic E-state index is 13.5. The summed E-state index contributed by atoms with van der Waals surface area (Å²) in [6.45, 7) is 0. The number of hydrogen-bond acceptors (Lipinski definition) is 3. The molecule has 0 radical (unpaired) electrons. The van der Waals surface area contributed by atoms with E-state index in [0.717, 1.165) is 44.1 Å². The molecule has 3 nitrogen and oxygen atoms in total. The van der Waals surface area contributed by atoms with Crippen LogP contribution in [0, 0.1) is 23.7 Å². The zero-order valence-electron chi connectivity index (χ0n) is 15.6. The number of methoxy groups -OCH3 is 1. The smallest absolute Gasteiger partial charge is 0.310 e. The molecule has 2 fully saturated rings. The van der Waals surface area contributed by atoms with Gasteiger partial charge < -0.3 is 4.74 Å². The first-order chi connectivity index (χ1) is 12.7. The number of Topliss-reactive ketones (excluding diaryl/α,β-unsaturated/α-hetero) is 1. The Labute approximate surface area is 155 Å². The maximum Gasteiger partial charge on any atom is 0.310 e. The highest BCUT2D eigenvalue weighted by Gasteiger charge is 2.51. The molecular weight excluding hydrogens is 324 g/mol. The quantitative estimate of drug-likeness (QED) is 0.438. The molecule has 0 amide bonds. The van der Waals surface area contributed by atoms with Crippen molar-refractivity contribution in [1.29, 1.82) is 0 Å². The van der Waals surface area contributed by atoms with Gasteiger partial charge in [-0.25, -0.2) is 0 Å². The number of carbonyl (C=O) groups excluding carboxylic acids is 2. The molecule has 0 N–H and O–H groups in total. The molecule has 3 aliphatic carbocycles. The lowest BCUT2D eigenvalue weighted by Gasteiger charge is -2.47. The molecule has 2 saturated carbocycles. The number of ketones is 1. The van der Waals surface area contributed by atoms with E-state index in [1.54, 1.807) is 0 Å². The molecule has 0 bridgehead atoms. The molecule has 0 spiro atoms. The summed E-state index contributed by atoms with van der Waals surface area (Å²) in [6, 6.07) is 9.53. The lowest BCUT2D eigenvalue weighted by molar-refractivity contribution is -0.150. The molecule has 0 heterocycles. The van der Waals surface area contributed by atoms with Gasteiger partial charge in [0.15, 0.2) is 5.78 Å². The zero-order chi connectivity index (χ0) is 18.1. The number of hydrogen-bond donors (Lipinski definition) is 0. The third kappa shape index (κ3) is 2.91. The van der Waals surface area contributed by atoms with Gasteiger partial charge in [-0.1, -0.05) is 54.3 Å². The van der Waals surface area contributed by atoms with Crippen LogP contribution in [0.3, 0.4) is 0 Å². The van der Waals surface area contributed by atoms with Gasteiger partial charge in [0.2, 0.25) is 0 Å². The molecule has 1 aromatic rings. The molecule has 26 heavy (non-hydrogen) atoms. The molecule has 0 aliphatic heterocycles.